The van der Waals surface area contributed by atoms with Crippen LogP contribution in [0.25, 0.3) is 0 Å². The second-order valence-corrected chi connectivity index (χ2v) is 7.29. The first-order valence-corrected chi connectivity index (χ1v) is 10.1. The van der Waals surface area contributed by atoms with Crippen molar-refractivity contribution in [1.29, 1.82) is 0 Å². The first-order valence-electron chi connectivity index (χ1n) is 10.1. The third kappa shape index (κ3) is 5.65. The molecule has 28 heavy (non-hydrogen) atoms. The van der Waals surface area contributed by atoms with Crippen LogP contribution < -0.4 is 5.32 Å². The van der Waals surface area contributed by atoms with E-state index in [-0.39, 0.29) is 22.8 Å². The van der Waals surface area contributed by atoms with Gasteiger partial charge in [0.05, 0.1) is 23.7 Å². The van der Waals surface area contributed by atoms with E-state index < -0.39 is 0 Å². The lowest BCUT2D eigenvalue weighted by Gasteiger charge is -2.35. The summed E-state index contributed by atoms with van der Waals surface area (Å²) < 4.78 is 11.8. The fraction of sp³-hybridized carbons (Fsp3) is 0.650. The summed E-state index contributed by atoms with van der Waals surface area (Å²) in [5.74, 6) is 0.771. The molecule has 8 heteroatoms. The van der Waals surface area contributed by atoms with Gasteiger partial charge >= 0.3 is 0 Å². The maximum Gasteiger partial charge on any atom is 0.274 e. The maximum absolute atomic E-state index is 11.2. The van der Waals surface area contributed by atoms with Gasteiger partial charge in [0, 0.05) is 44.9 Å². The Labute approximate surface area is 166 Å². The summed E-state index contributed by atoms with van der Waals surface area (Å²) in [7, 11) is 1.74. The molecule has 0 spiro atoms. The highest BCUT2D eigenvalue weighted by Gasteiger charge is 2.24. The number of hydrogen-bond acceptors (Lipinski definition) is 5. The van der Waals surface area contributed by atoms with E-state index >= 15 is 0 Å². The van der Waals surface area contributed by atoms with Crippen LogP contribution in [0.2, 0.25) is 0 Å². The van der Waals surface area contributed by atoms with Crippen LogP contribution in [0.3, 0.4) is 0 Å². The number of nitro groups is 1. The summed E-state index contributed by atoms with van der Waals surface area (Å²) in [4.78, 5) is 17.3. The Morgan fingerprint density at radius 1 is 1.32 bits per heavy atom. The van der Waals surface area contributed by atoms with E-state index in [0.717, 1.165) is 51.3 Å². The summed E-state index contributed by atoms with van der Waals surface area (Å²) in [6.45, 7) is 3.63. The van der Waals surface area contributed by atoms with Gasteiger partial charge in [-0.05, 0) is 32.1 Å². The molecule has 0 amide bonds. The summed E-state index contributed by atoms with van der Waals surface area (Å²) in [6, 6.07) is 6.79. The maximum atomic E-state index is 11.2. The lowest BCUT2D eigenvalue weighted by atomic mass is 10.1. The van der Waals surface area contributed by atoms with E-state index in [9.17, 15) is 10.1 Å². The van der Waals surface area contributed by atoms with Crippen molar-refractivity contribution >= 4 is 11.6 Å². The standard InChI is InChI=1S/C20H30N4O4/c1-21-20(22-14-16-6-2-3-8-19(16)24(25)26)23-11-9-17(10-12-23)28-15-18-7-4-5-13-27-18/h2-3,6,8,17-18H,4-5,7,9-15H2,1H3,(H,21,22). The minimum atomic E-state index is -0.349. The third-order valence-electron chi connectivity index (χ3n) is 5.37. The van der Waals surface area contributed by atoms with Gasteiger partial charge < -0.3 is 19.7 Å². The van der Waals surface area contributed by atoms with E-state index in [4.69, 9.17) is 9.47 Å². The number of likely N-dealkylation sites (tertiary alicyclic amines) is 1. The quantitative estimate of drug-likeness (QED) is 0.348. The van der Waals surface area contributed by atoms with Crippen molar-refractivity contribution in [2.75, 3.05) is 33.4 Å². The molecule has 0 aliphatic carbocycles. The average Bonchev–Trinajstić information content (AvgIpc) is 2.74. The lowest BCUT2D eigenvalue weighted by molar-refractivity contribution is -0.385. The molecule has 2 aliphatic heterocycles. The first kappa shape index (κ1) is 20.5. The zero-order chi connectivity index (χ0) is 19.8. The van der Waals surface area contributed by atoms with Gasteiger partial charge in [-0.3, -0.25) is 15.1 Å². The number of benzene rings is 1. The molecule has 1 aromatic rings. The molecule has 0 aromatic heterocycles. The van der Waals surface area contributed by atoms with E-state index in [1.165, 1.54) is 12.5 Å². The van der Waals surface area contributed by atoms with Gasteiger partial charge in [-0.25, -0.2) is 0 Å². The van der Waals surface area contributed by atoms with Gasteiger partial charge in [-0.2, -0.15) is 0 Å². The van der Waals surface area contributed by atoms with Gasteiger partial charge in [0.25, 0.3) is 5.69 Å². The molecule has 0 bridgehead atoms. The molecule has 1 unspecified atom stereocenters. The van der Waals surface area contributed by atoms with Crippen molar-refractivity contribution in [2.45, 2.75) is 50.9 Å². The third-order valence-corrected chi connectivity index (χ3v) is 5.37. The molecule has 0 radical (unpaired) electrons. The van der Waals surface area contributed by atoms with Crippen LogP contribution in [0, 0.1) is 10.1 Å². The summed E-state index contributed by atoms with van der Waals surface area (Å²) >= 11 is 0. The normalized spacial score (nSPS) is 21.5. The number of nitrogens with zero attached hydrogens (tertiary/aromatic N) is 3. The van der Waals surface area contributed by atoms with Crippen LogP contribution in [0.5, 0.6) is 0 Å². The monoisotopic (exact) mass is 390 g/mol. The Kier molecular flexibility index (Phi) is 7.62. The minimum Gasteiger partial charge on any atom is -0.376 e. The van der Waals surface area contributed by atoms with Crippen molar-refractivity contribution in [2.24, 2.45) is 4.99 Å². The second-order valence-electron chi connectivity index (χ2n) is 7.29. The van der Waals surface area contributed by atoms with Gasteiger partial charge in [0.1, 0.15) is 0 Å². The molecule has 154 valence electrons. The highest BCUT2D eigenvalue weighted by Crippen LogP contribution is 2.19. The Morgan fingerprint density at radius 2 is 2.11 bits per heavy atom. The van der Waals surface area contributed by atoms with E-state index in [1.807, 2.05) is 6.07 Å². The predicted molar refractivity (Wildman–Crippen MR) is 107 cm³/mol. The molecular weight excluding hydrogens is 360 g/mol. The van der Waals surface area contributed by atoms with Crippen molar-refractivity contribution in [1.82, 2.24) is 10.2 Å². The average molecular weight is 390 g/mol. The SMILES string of the molecule is CN=C(NCc1ccccc1[N+](=O)[O-])N1CCC(OCC2CCCCO2)CC1. The van der Waals surface area contributed by atoms with E-state index in [1.54, 1.807) is 19.2 Å². The number of para-hydroxylation sites is 1. The summed E-state index contributed by atoms with van der Waals surface area (Å²) in [6.07, 6.45) is 5.89. The number of guanidine groups is 1. The molecule has 1 aromatic carbocycles. The molecule has 8 nitrogen and oxygen atoms in total. The Morgan fingerprint density at radius 3 is 2.79 bits per heavy atom. The number of aliphatic imine (C=N–C) groups is 1. The molecule has 2 aliphatic rings. The van der Waals surface area contributed by atoms with Crippen LogP contribution in [0.15, 0.2) is 29.3 Å². The fourth-order valence-corrected chi connectivity index (χ4v) is 3.76. The van der Waals surface area contributed by atoms with Crippen molar-refractivity contribution in [3.8, 4) is 0 Å². The van der Waals surface area contributed by atoms with E-state index in [0.29, 0.717) is 18.7 Å². The van der Waals surface area contributed by atoms with Crippen molar-refractivity contribution < 1.29 is 14.4 Å². The number of nitrogens with one attached hydrogen (secondary N) is 1. The summed E-state index contributed by atoms with van der Waals surface area (Å²) in [5, 5.41) is 14.4. The minimum absolute atomic E-state index is 0.127. The fourth-order valence-electron chi connectivity index (χ4n) is 3.76. The topological polar surface area (TPSA) is 89.2 Å². The van der Waals surface area contributed by atoms with Gasteiger partial charge in [-0.15, -0.1) is 0 Å². The molecule has 1 atom stereocenters. The molecule has 3 rings (SSSR count). The molecule has 0 saturated carbocycles. The van der Waals surface area contributed by atoms with Crippen molar-refractivity contribution in [3.63, 3.8) is 0 Å². The van der Waals surface area contributed by atoms with E-state index in [2.05, 4.69) is 15.2 Å². The number of rotatable bonds is 6. The Bertz CT molecular complexity index is 668. The first-order chi connectivity index (χ1) is 13.7. The van der Waals surface area contributed by atoms with Crippen LogP contribution in [0.4, 0.5) is 5.69 Å². The lowest BCUT2D eigenvalue weighted by Crippen LogP contribution is -2.47. The molecule has 2 heterocycles. The number of hydrogen-bond donors (Lipinski definition) is 1. The summed E-state index contributed by atoms with van der Waals surface area (Å²) in [5.41, 5.74) is 0.779. The van der Waals surface area contributed by atoms with Crippen LogP contribution in [-0.4, -0.2) is 61.3 Å². The number of nitro benzene ring substituents is 1. The van der Waals surface area contributed by atoms with Crippen LogP contribution >= 0.6 is 0 Å². The molecule has 2 saturated heterocycles. The molecule has 2 fully saturated rings. The number of piperidine rings is 1. The highest BCUT2D eigenvalue weighted by atomic mass is 16.6. The van der Waals surface area contributed by atoms with Crippen LogP contribution in [-0.2, 0) is 16.0 Å². The number of ether oxygens (including phenoxy) is 2. The van der Waals surface area contributed by atoms with Gasteiger partial charge in [0.2, 0.25) is 0 Å². The molecular formula is C20H30N4O4. The largest absolute Gasteiger partial charge is 0.376 e. The second kappa shape index (κ2) is 10.4. The predicted octanol–water partition coefficient (Wildman–Crippen LogP) is 2.72. The molecule has 1 N–H and O–H groups in total. The Balaban J connectivity index is 1.44. The zero-order valence-corrected chi connectivity index (χ0v) is 16.5. The zero-order valence-electron chi connectivity index (χ0n) is 16.5. The Hall–Kier alpha value is -2.19. The van der Waals surface area contributed by atoms with Crippen LogP contribution in [0.1, 0.15) is 37.7 Å². The highest BCUT2D eigenvalue weighted by molar-refractivity contribution is 5.80. The van der Waals surface area contributed by atoms with Gasteiger partial charge in [-0.1, -0.05) is 18.2 Å². The smallest absolute Gasteiger partial charge is 0.274 e. The van der Waals surface area contributed by atoms with Crippen molar-refractivity contribution in [3.05, 3.63) is 39.9 Å². The van der Waals surface area contributed by atoms with Gasteiger partial charge in [0.15, 0.2) is 5.96 Å².